The molecule has 1 saturated heterocycles. The quantitative estimate of drug-likeness (QED) is 0.830. The summed E-state index contributed by atoms with van der Waals surface area (Å²) in [7, 11) is 0. The molecule has 0 aromatic carbocycles. The average Bonchev–Trinajstić information content (AvgIpc) is 2.42. The summed E-state index contributed by atoms with van der Waals surface area (Å²) in [6.45, 7) is 5.43. The Kier molecular flexibility index (Phi) is 3.99. The van der Waals surface area contributed by atoms with E-state index in [0.717, 1.165) is 0 Å². The van der Waals surface area contributed by atoms with E-state index < -0.39 is 6.04 Å². The van der Waals surface area contributed by atoms with Gasteiger partial charge in [-0.3, -0.25) is 14.6 Å². The largest absolute Gasteiger partial charge is 0.383 e. The number of hydrogen-bond donors (Lipinski definition) is 2. The predicted octanol–water partition coefficient (Wildman–Crippen LogP) is 0.474. The van der Waals surface area contributed by atoms with Crippen LogP contribution in [0.3, 0.4) is 0 Å². The molecule has 1 aliphatic rings. The average molecular weight is 262 g/mol. The number of nitrogens with zero attached hydrogens (tertiary/aromatic N) is 2. The molecule has 102 valence electrons. The molecule has 19 heavy (non-hydrogen) atoms. The van der Waals surface area contributed by atoms with Gasteiger partial charge in [-0.2, -0.15) is 0 Å². The second-order valence-corrected chi connectivity index (χ2v) is 4.42. The van der Waals surface area contributed by atoms with Gasteiger partial charge < -0.3 is 15.5 Å². The first kappa shape index (κ1) is 13.3. The zero-order chi connectivity index (χ0) is 13.8. The van der Waals surface area contributed by atoms with Gasteiger partial charge in [0.25, 0.3) is 5.91 Å². The highest BCUT2D eigenvalue weighted by molar-refractivity contribution is 6.02. The summed E-state index contributed by atoms with van der Waals surface area (Å²) in [6, 6.07) is 1.24. The molecule has 2 amide bonds. The topological polar surface area (TPSA) is 74.3 Å². The summed E-state index contributed by atoms with van der Waals surface area (Å²) in [5, 5.41) is 5.86. The molecule has 0 spiro atoms. The number of amides is 2. The van der Waals surface area contributed by atoms with Crippen molar-refractivity contribution in [3.05, 3.63) is 24.0 Å². The molecule has 2 N–H and O–H groups in total. The third-order valence-electron chi connectivity index (χ3n) is 3.18. The number of rotatable bonds is 3. The third kappa shape index (κ3) is 2.67. The minimum atomic E-state index is -0.441. The van der Waals surface area contributed by atoms with Gasteiger partial charge in [0.1, 0.15) is 6.04 Å². The molecule has 2 heterocycles. The minimum absolute atomic E-state index is 0.112. The van der Waals surface area contributed by atoms with Gasteiger partial charge in [0.15, 0.2) is 0 Å². The smallest absolute Gasteiger partial charge is 0.256 e. The molecular weight excluding hydrogens is 244 g/mol. The summed E-state index contributed by atoms with van der Waals surface area (Å²) < 4.78 is 0. The van der Waals surface area contributed by atoms with E-state index in [-0.39, 0.29) is 11.8 Å². The number of piperazine rings is 1. The lowest BCUT2D eigenvalue weighted by Crippen LogP contribution is -2.55. The van der Waals surface area contributed by atoms with Crippen LogP contribution in [0.15, 0.2) is 18.5 Å². The Morgan fingerprint density at radius 2 is 2.42 bits per heavy atom. The number of hydrogen-bond acceptors (Lipinski definition) is 4. The second kappa shape index (κ2) is 5.69. The monoisotopic (exact) mass is 262 g/mol. The van der Waals surface area contributed by atoms with Crippen molar-refractivity contribution in [2.75, 3.05) is 25.0 Å². The van der Waals surface area contributed by atoms with Crippen molar-refractivity contribution in [2.24, 2.45) is 0 Å². The van der Waals surface area contributed by atoms with Gasteiger partial charge in [0.05, 0.1) is 17.4 Å². The highest BCUT2D eigenvalue weighted by Gasteiger charge is 2.30. The lowest BCUT2D eigenvalue weighted by atomic mass is 10.1. The number of carbonyl (C=O) groups excluding carboxylic acids is 2. The van der Waals surface area contributed by atoms with Crippen LogP contribution in [-0.4, -0.2) is 47.4 Å². The first-order valence-electron chi connectivity index (χ1n) is 6.41. The molecule has 1 aliphatic heterocycles. The Hall–Kier alpha value is -2.11. The molecule has 1 fully saturated rings. The summed E-state index contributed by atoms with van der Waals surface area (Å²) >= 11 is 0. The molecule has 1 aromatic heterocycles. The van der Waals surface area contributed by atoms with Crippen molar-refractivity contribution < 1.29 is 9.59 Å². The van der Waals surface area contributed by atoms with Crippen LogP contribution >= 0.6 is 0 Å². The fourth-order valence-corrected chi connectivity index (χ4v) is 2.13. The van der Waals surface area contributed by atoms with Gasteiger partial charge in [-0.25, -0.2) is 0 Å². The fourth-order valence-electron chi connectivity index (χ4n) is 2.13. The molecule has 0 bridgehead atoms. The highest BCUT2D eigenvalue weighted by Crippen LogP contribution is 2.18. The van der Waals surface area contributed by atoms with Crippen molar-refractivity contribution in [1.82, 2.24) is 15.2 Å². The summed E-state index contributed by atoms with van der Waals surface area (Å²) in [6.07, 6.45) is 3.22. The summed E-state index contributed by atoms with van der Waals surface area (Å²) in [5.74, 6) is -0.251. The molecule has 1 unspecified atom stereocenters. The number of anilines is 1. The van der Waals surface area contributed by atoms with Gasteiger partial charge in [0.2, 0.25) is 5.91 Å². The standard InChI is InChI=1S/C13H18N4O2/c1-3-15-11-8-14-5-4-10(11)13(19)17-7-6-16-12(18)9(17)2/h4-5,8-9,15H,3,6-7H2,1-2H3,(H,16,18). The Morgan fingerprint density at radius 3 is 3.16 bits per heavy atom. The molecule has 0 aliphatic carbocycles. The van der Waals surface area contributed by atoms with E-state index in [4.69, 9.17) is 0 Å². The Morgan fingerprint density at radius 1 is 1.63 bits per heavy atom. The van der Waals surface area contributed by atoms with Crippen LogP contribution in [-0.2, 0) is 4.79 Å². The number of pyridine rings is 1. The molecular formula is C13H18N4O2. The van der Waals surface area contributed by atoms with Crippen LogP contribution in [0.4, 0.5) is 5.69 Å². The fraction of sp³-hybridized carbons (Fsp3) is 0.462. The predicted molar refractivity (Wildman–Crippen MR) is 71.9 cm³/mol. The van der Waals surface area contributed by atoms with E-state index in [1.54, 1.807) is 30.3 Å². The zero-order valence-corrected chi connectivity index (χ0v) is 11.1. The lowest BCUT2D eigenvalue weighted by molar-refractivity contribution is -0.127. The maximum absolute atomic E-state index is 12.5. The third-order valence-corrected chi connectivity index (χ3v) is 3.18. The van der Waals surface area contributed by atoms with Gasteiger partial charge >= 0.3 is 0 Å². The number of nitrogens with one attached hydrogen (secondary N) is 2. The van der Waals surface area contributed by atoms with Crippen molar-refractivity contribution in [1.29, 1.82) is 0 Å². The molecule has 0 saturated carbocycles. The van der Waals surface area contributed by atoms with E-state index >= 15 is 0 Å². The molecule has 1 atom stereocenters. The molecule has 6 heteroatoms. The first-order valence-corrected chi connectivity index (χ1v) is 6.41. The van der Waals surface area contributed by atoms with Crippen LogP contribution in [0.1, 0.15) is 24.2 Å². The van der Waals surface area contributed by atoms with Gasteiger partial charge in [0, 0.05) is 25.8 Å². The maximum atomic E-state index is 12.5. The Balaban J connectivity index is 2.26. The van der Waals surface area contributed by atoms with Crippen molar-refractivity contribution in [2.45, 2.75) is 19.9 Å². The summed E-state index contributed by atoms with van der Waals surface area (Å²) in [5.41, 5.74) is 1.26. The second-order valence-electron chi connectivity index (χ2n) is 4.42. The van der Waals surface area contributed by atoms with Crippen molar-refractivity contribution >= 4 is 17.5 Å². The van der Waals surface area contributed by atoms with Crippen LogP contribution in [0, 0.1) is 0 Å². The van der Waals surface area contributed by atoms with E-state index in [0.29, 0.717) is 30.9 Å². The normalized spacial score (nSPS) is 18.9. The molecule has 2 rings (SSSR count). The Bertz CT molecular complexity index is 489. The SMILES string of the molecule is CCNc1cnccc1C(=O)N1CCNC(=O)C1C. The number of aromatic nitrogens is 1. The zero-order valence-electron chi connectivity index (χ0n) is 11.1. The van der Waals surface area contributed by atoms with Crippen LogP contribution in [0.2, 0.25) is 0 Å². The highest BCUT2D eigenvalue weighted by atomic mass is 16.2. The van der Waals surface area contributed by atoms with Gasteiger partial charge in [-0.15, -0.1) is 0 Å². The van der Waals surface area contributed by atoms with Crippen molar-refractivity contribution in [3.8, 4) is 0 Å². The van der Waals surface area contributed by atoms with Crippen LogP contribution in [0.25, 0.3) is 0 Å². The molecule has 0 radical (unpaired) electrons. The van der Waals surface area contributed by atoms with Crippen molar-refractivity contribution in [3.63, 3.8) is 0 Å². The van der Waals surface area contributed by atoms with E-state index in [1.807, 2.05) is 6.92 Å². The lowest BCUT2D eigenvalue weighted by Gasteiger charge is -2.33. The maximum Gasteiger partial charge on any atom is 0.256 e. The van der Waals surface area contributed by atoms with Crippen LogP contribution in [0.5, 0.6) is 0 Å². The molecule has 1 aromatic rings. The van der Waals surface area contributed by atoms with E-state index in [2.05, 4.69) is 15.6 Å². The van der Waals surface area contributed by atoms with E-state index in [9.17, 15) is 9.59 Å². The molecule has 6 nitrogen and oxygen atoms in total. The van der Waals surface area contributed by atoms with Gasteiger partial charge in [-0.05, 0) is 19.9 Å². The minimum Gasteiger partial charge on any atom is -0.383 e. The Labute approximate surface area is 112 Å². The van der Waals surface area contributed by atoms with E-state index in [1.165, 1.54) is 0 Å². The summed E-state index contributed by atoms with van der Waals surface area (Å²) in [4.78, 5) is 29.8. The first-order chi connectivity index (χ1) is 9.15. The number of carbonyl (C=O) groups is 2. The van der Waals surface area contributed by atoms with Crippen LogP contribution < -0.4 is 10.6 Å². The van der Waals surface area contributed by atoms with Gasteiger partial charge in [-0.1, -0.05) is 0 Å².